The van der Waals surface area contributed by atoms with Gasteiger partial charge in [0.15, 0.2) is 11.2 Å². The molecule has 0 radical (unpaired) electrons. The molecule has 156 valence electrons. The lowest BCUT2D eigenvalue weighted by Gasteiger charge is -2.27. The molecule has 0 bridgehead atoms. The second kappa shape index (κ2) is 6.98. The number of aromatic nitrogens is 2. The van der Waals surface area contributed by atoms with Crippen molar-refractivity contribution in [3.8, 4) is 11.3 Å². The molecule has 4 rings (SSSR count). The summed E-state index contributed by atoms with van der Waals surface area (Å²) in [5, 5.41) is 0.644. The predicted octanol–water partition coefficient (Wildman–Crippen LogP) is 5.83. The number of hydrogen-bond donors (Lipinski definition) is 1. The highest BCUT2D eigenvalue weighted by molar-refractivity contribution is 6.31. The molecule has 1 atom stereocenters. The van der Waals surface area contributed by atoms with Gasteiger partial charge in [0.1, 0.15) is 5.69 Å². The number of rotatable bonds is 3. The van der Waals surface area contributed by atoms with Crippen LogP contribution >= 0.6 is 11.6 Å². The highest BCUT2D eigenvalue weighted by atomic mass is 35.5. The molecular formula is C23H21ClF2N2O2. The van der Waals surface area contributed by atoms with Crippen LogP contribution in [-0.2, 0) is 5.41 Å². The largest absolute Gasteiger partial charge is 0.354 e. The van der Waals surface area contributed by atoms with Crippen LogP contribution in [0.25, 0.3) is 22.2 Å². The molecule has 0 amide bonds. The summed E-state index contributed by atoms with van der Waals surface area (Å²) in [6.07, 6.45) is 1.46. The number of nitrogens with zero attached hydrogens (tertiary/aromatic N) is 1. The molecule has 0 saturated heterocycles. The van der Waals surface area contributed by atoms with Crippen LogP contribution in [0.4, 0.5) is 8.78 Å². The number of pyridine rings is 2. The van der Waals surface area contributed by atoms with Crippen molar-refractivity contribution < 1.29 is 13.6 Å². The van der Waals surface area contributed by atoms with E-state index in [4.69, 9.17) is 11.6 Å². The number of benzene rings is 1. The van der Waals surface area contributed by atoms with E-state index in [2.05, 4.69) is 9.97 Å². The number of aromatic amines is 1. The molecule has 4 nitrogen and oxygen atoms in total. The second-order valence-corrected chi connectivity index (χ2v) is 8.83. The average Bonchev–Trinajstić information content (AvgIpc) is 2.96. The monoisotopic (exact) mass is 430 g/mol. The van der Waals surface area contributed by atoms with E-state index in [9.17, 15) is 18.4 Å². The van der Waals surface area contributed by atoms with E-state index in [1.165, 1.54) is 19.2 Å². The van der Waals surface area contributed by atoms with Crippen molar-refractivity contribution in [2.24, 2.45) is 0 Å². The third-order valence-corrected chi connectivity index (χ3v) is 6.33. The Morgan fingerprint density at radius 3 is 2.60 bits per heavy atom. The molecule has 2 heterocycles. The molecule has 1 aliphatic rings. The molecule has 1 aromatic carbocycles. The molecular weight excluding hydrogens is 410 g/mol. The molecule has 30 heavy (non-hydrogen) atoms. The topological polar surface area (TPSA) is 62.8 Å². The summed E-state index contributed by atoms with van der Waals surface area (Å²) in [6.45, 7) is 5.05. The number of fused-ring (bicyclic) bond motifs is 1. The molecule has 0 aliphatic heterocycles. The first-order valence-corrected chi connectivity index (χ1v) is 10.1. The van der Waals surface area contributed by atoms with Gasteiger partial charge >= 0.3 is 0 Å². The van der Waals surface area contributed by atoms with E-state index in [1.54, 1.807) is 12.1 Å². The molecule has 1 N–H and O–H groups in total. The fraction of sp³-hybridized carbons (Fsp3) is 0.348. The second-order valence-electron chi connectivity index (χ2n) is 8.43. The first-order chi connectivity index (χ1) is 14.0. The summed E-state index contributed by atoms with van der Waals surface area (Å²) >= 11 is 6.55. The van der Waals surface area contributed by atoms with Gasteiger partial charge in [0, 0.05) is 42.6 Å². The minimum Gasteiger partial charge on any atom is -0.354 e. The van der Waals surface area contributed by atoms with E-state index in [0.29, 0.717) is 33.8 Å². The Labute approximate surface area is 177 Å². The average molecular weight is 431 g/mol. The summed E-state index contributed by atoms with van der Waals surface area (Å²) in [5.41, 5.74) is 2.39. The lowest BCUT2D eigenvalue weighted by atomic mass is 9.79. The fourth-order valence-corrected chi connectivity index (χ4v) is 4.87. The Balaban J connectivity index is 1.84. The van der Waals surface area contributed by atoms with Gasteiger partial charge < -0.3 is 4.98 Å². The van der Waals surface area contributed by atoms with Crippen molar-refractivity contribution in [1.29, 1.82) is 0 Å². The lowest BCUT2D eigenvalue weighted by molar-refractivity contribution is 0.00355. The quantitative estimate of drug-likeness (QED) is 0.531. The van der Waals surface area contributed by atoms with E-state index < -0.39 is 11.3 Å². The van der Waals surface area contributed by atoms with Crippen molar-refractivity contribution in [1.82, 2.24) is 9.97 Å². The van der Waals surface area contributed by atoms with Gasteiger partial charge in [-0.1, -0.05) is 24.6 Å². The van der Waals surface area contributed by atoms with Gasteiger partial charge in [-0.3, -0.25) is 14.6 Å². The van der Waals surface area contributed by atoms with Gasteiger partial charge in [-0.2, -0.15) is 0 Å². The minimum absolute atomic E-state index is 0.125. The third-order valence-electron chi connectivity index (χ3n) is 6.02. The number of hydrogen-bond acceptors (Lipinski definition) is 3. The van der Waals surface area contributed by atoms with Crippen LogP contribution in [0.15, 0.2) is 35.3 Å². The van der Waals surface area contributed by atoms with Crippen LogP contribution in [0.3, 0.4) is 0 Å². The first kappa shape index (κ1) is 20.7. The highest BCUT2D eigenvalue weighted by Gasteiger charge is 2.48. The smallest absolute Gasteiger partial charge is 0.249 e. The Morgan fingerprint density at radius 1 is 1.23 bits per heavy atom. The van der Waals surface area contributed by atoms with E-state index in [-0.39, 0.29) is 35.1 Å². The zero-order valence-electron chi connectivity index (χ0n) is 16.9. The molecule has 0 spiro atoms. The molecule has 1 fully saturated rings. The molecule has 2 aromatic heterocycles. The number of alkyl halides is 2. The Hall–Kier alpha value is -2.60. The van der Waals surface area contributed by atoms with Crippen LogP contribution in [0.1, 0.15) is 54.7 Å². The van der Waals surface area contributed by atoms with Crippen molar-refractivity contribution in [2.75, 3.05) is 0 Å². The van der Waals surface area contributed by atoms with Crippen LogP contribution in [0.2, 0.25) is 5.02 Å². The Morgan fingerprint density at radius 2 is 1.97 bits per heavy atom. The van der Waals surface area contributed by atoms with Gasteiger partial charge in [0.2, 0.25) is 5.92 Å². The Kier molecular flexibility index (Phi) is 4.81. The zero-order chi connectivity index (χ0) is 21.8. The molecule has 1 aliphatic carbocycles. The minimum atomic E-state index is -2.68. The number of ketones is 1. The van der Waals surface area contributed by atoms with Crippen molar-refractivity contribution in [2.45, 2.75) is 51.4 Å². The van der Waals surface area contributed by atoms with Crippen molar-refractivity contribution >= 4 is 28.3 Å². The van der Waals surface area contributed by atoms with Crippen LogP contribution in [-0.4, -0.2) is 21.7 Å². The van der Waals surface area contributed by atoms with Crippen molar-refractivity contribution in [3.05, 3.63) is 62.5 Å². The molecule has 0 unspecified atom stereocenters. The summed E-state index contributed by atoms with van der Waals surface area (Å²) in [7, 11) is 0. The van der Waals surface area contributed by atoms with E-state index in [1.807, 2.05) is 19.9 Å². The van der Waals surface area contributed by atoms with Crippen LogP contribution in [0, 0.1) is 6.92 Å². The Bertz CT molecular complexity index is 1250. The van der Waals surface area contributed by atoms with Gasteiger partial charge in [-0.05, 0) is 42.0 Å². The number of Topliss-reactive ketones (excluding diaryl/α,β-unsaturated/α-hetero) is 1. The normalized spacial score (nSPS) is 20.6. The number of aryl methyl sites for hydroxylation is 1. The maximum atomic E-state index is 13.9. The number of halogens is 3. The van der Waals surface area contributed by atoms with Gasteiger partial charge in [-0.25, -0.2) is 8.78 Å². The SMILES string of the molecule is CC(=O)c1nccc2[nH]c(-c3cc(Cl)c([C@]4(C)CCC(F)(F)C4)cc3C)cc(=O)c12. The lowest BCUT2D eigenvalue weighted by Crippen LogP contribution is -2.22. The van der Waals surface area contributed by atoms with E-state index in [0.717, 1.165) is 5.56 Å². The first-order valence-electron chi connectivity index (χ1n) is 9.73. The number of carbonyl (C=O) groups excluding carboxylic acids is 1. The molecule has 1 saturated carbocycles. The molecule has 3 aromatic rings. The van der Waals surface area contributed by atoms with Crippen LogP contribution < -0.4 is 5.43 Å². The molecule has 7 heteroatoms. The maximum absolute atomic E-state index is 13.9. The number of nitrogens with one attached hydrogen (secondary N) is 1. The number of carbonyl (C=O) groups is 1. The van der Waals surface area contributed by atoms with Gasteiger partial charge in [-0.15, -0.1) is 0 Å². The zero-order valence-corrected chi connectivity index (χ0v) is 17.7. The number of H-pyrrole nitrogens is 1. The van der Waals surface area contributed by atoms with Gasteiger partial charge in [0.25, 0.3) is 0 Å². The maximum Gasteiger partial charge on any atom is 0.249 e. The van der Waals surface area contributed by atoms with Crippen LogP contribution in [0.5, 0.6) is 0 Å². The van der Waals surface area contributed by atoms with E-state index >= 15 is 0 Å². The fourth-order valence-electron chi connectivity index (χ4n) is 4.48. The highest BCUT2D eigenvalue weighted by Crippen LogP contribution is 2.51. The van der Waals surface area contributed by atoms with Crippen molar-refractivity contribution in [3.63, 3.8) is 0 Å². The van der Waals surface area contributed by atoms with Gasteiger partial charge in [0.05, 0.1) is 16.6 Å². The third kappa shape index (κ3) is 3.43. The summed E-state index contributed by atoms with van der Waals surface area (Å²) < 4.78 is 27.7. The summed E-state index contributed by atoms with van der Waals surface area (Å²) in [4.78, 5) is 31.8. The predicted molar refractivity (Wildman–Crippen MR) is 114 cm³/mol. The standard InChI is InChI=1S/C23H21ClF2N2O2/c1-12-8-15(22(3)5-6-23(25,26)11-22)16(24)9-14(12)18-10-19(30)20-17(28-18)4-7-27-21(20)13(2)29/h4,7-10H,5-6,11H2,1-3H3,(H,28,30)/t22-/m1/s1. The summed E-state index contributed by atoms with van der Waals surface area (Å²) in [6, 6.07) is 6.62. The summed E-state index contributed by atoms with van der Waals surface area (Å²) in [5.74, 6) is -2.97.